The minimum atomic E-state index is 0.581. The number of ether oxygens (including phenoxy) is 1. The average Bonchev–Trinajstić information content (AvgIpc) is 2.15. The van der Waals surface area contributed by atoms with E-state index in [4.69, 9.17) is 4.74 Å². The van der Waals surface area contributed by atoms with Gasteiger partial charge in [-0.2, -0.15) is 0 Å². The molecule has 4 aliphatic carbocycles. The Bertz CT molecular complexity index is 221. The SMILES string of the molecule is C=CCOCC12CC3CC(CC(C3)C1)C2. The van der Waals surface area contributed by atoms with E-state index in [1.165, 1.54) is 38.5 Å². The van der Waals surface area contributed by atoms with E-state index in [2.05, 4.69) is 6.58 Å². The first-order valence-corrected chi connectivity index (χ1v) is 6.48. The lowest BCUT2D eigenvalue weighted by atomic mass is 9.50. The lowest BCUT2D eigenvalue weighted by Gasteiger charge is -2.56. The molecule has 4 rings (SSSR count). The van der Waals surface area contributed by atoms with Gasteiger partial charge in [0.2, 0.25) is 0 Å². The molecule has 15 heavy (non-hydrogen) atoms. The fraction of sp³-hybridized carbons (Fsp3) is 0.857. The predicted octanol–water partition coefficient (Wildman–Crippen LogP) is 3.41. The summed E-state index contributed by atoms with van der Waals surface area (Å²) in [6, 6.07) is 0. The van der Waals surface area contributed by atoms with E-state index in [0.29, 0.717) is 5.41 Å². The summed E-state index contributed by atoms with van der Waals surface area (Å²) in [5.74, 6) is 3.13. The maximum absolute atomic E-state index is 5.75. The maximum atomic E-state index is 5.75. The number of hydrogen-bond donors (Lipinski definition) is 0. The van der Waals surface area contributed by atoms with Crippen molar-refractivity contribution in [3.05, 3.63) is 12.7 Å². The molecule has 4 fully saturated rings. The Morgan fingerprint density at radius 2 is 1.60 bits per heavy atom. The molecule has 1 heteroatoms. The van der Waals surface area contributed by atoms with Crippen molar-refractivity contribution in [2.24, 2.45) is 23.2 Å². The Kier molecular flexibility index (Phi) is 2.39. The highest BCUT2D eigenvalue weighted by molar-refractivity contribution is 5.01. The van der Waals surface area contributed by atoms with Gasteiger partial charge in [0, 0.05) is 0 Å². The standard InChI is InChI=1S/C14H22O/c1-2-3-15-10-14-7-11-4-12(8-14)6-13(5-11)9-14/h2,11-13H,1,3-10H2. The largest absolute Gasteiger partial charge is 0.377 e. The molecule has 0 aromatic carbocycles. The van der Waals surface area contributed by atoms with Gasteiger partial charge in [0.05, 0.1) is 13.2 Å². The summed E-state index contributed by atoms with van der Waals surface area (Å²) in [5.41, 5.74) is 0.581. The van der Waals surface area contributed by atoms with E-state index in [1.54, 1.807) is 0 Å². The van der Waals surface area contributed by atoms with Crippen molar-refractivity contribution in [2.75, 3.05) is 13.2 Å². The van der Waals surface area contributed by atoms with Crippen LogP contribution in [0, 0.1) is 23.2 Å². The van der Waals surface area contributed by atoms with Crippen LogP contribution in [0.2, 0.25) is 0 Å². The zero-order chi connectivity index (χ0) is 10.3. The average molecular weight is 206 g/mol. The monoisotopic (exact) mass is 206 g/mol. The first-order valence-electron chi connectivity index (χ1n) is 6.48. The summed E-state index contributed by atoms with van der Waals surface area (Å²) in [6.45, 7) is 5.46. The molecule has 4 aliphatic rings. The van der Waals surface area contributed by atoms with Gasteiger partial charge in [0.25, 0.3) is 0 Å². The van der Waals surface area contributed by atoms with Gasteiger partial charge in [-0.3, -0.25) is 0 Å². The van der Waals surface area contributed by atoms with Gasteiger partial charge in [-0.25, -0.2) is 0 Å². The first-order chi connectivity index (χ1) is 7.30. The normalized spacial score (nSPS) is 47.1. The summed E-state index contributed by atoms with van der Waals surface area (Å²) in [5, 5.41) is 0. The Labute approximate surface area is 92.9 Å². The third-order valence-electron chi connectivity index (χ3n) is 4.81. The lowest BCUT2D eigenvalue weighted by molar-refractivity contribution is -0.0927. The van der Waals surface area contributed by atoms with Crippen LogP contribution in [-0.2, 0) is 4.74 Å². The van der Waals surface area contributed by atoms with E-state index >= 15 is 0 Å². The molecule has 4 saturated carbocycles. The van der Waals surface area contributed by atoms with Crippen molar-refractivity contribution in [2.45, 2.75) is 38.5 Å². The number of rotatable bonds is 4. The molecular weight excluding hydrogens is 184 g/mol. The van der Waals surface area contributed by atoms with Gasteiger partial charge in [0.15, 0.2) is 0 Å². The molecule has 0 aliphatic heterocycles. The van der Waals surface area contributed by atoms with Crippen molar-refractivity contribution in [3.8, 4) is 0 Å². The highest BCUT2D eigenvalue weighted by Gasteiger charge is 2.50. The van der Waals surface area contributed by atoms with Crippen LogP contribution in [0.4, 0.5) is 0 Å². The minimum absolute atomic E-state index is 0.581. The van der Waals surface area contributed by atoms with Gasteiger partial charge in [0.1, 0.15) is 0 Å². The molecule has 0 atom stereocenters. The molecular formula is C14H22O. The first kappa shape index (κ1) is 9.89. The van der Waals surface area contributed by atoms with Crippen molar-refractivity contribution in [1.82, 2.24) is 0 Å². The van der Waals surface area contributed by atoms with Crippen molar-refractivity contribution >= 4 is 0 Å². The molecule has 0 amide bonds. The predicted molar refractivity (Wildman–Crippen MR) is 61.6 cm³/mol. The van der Waals surface area contributed by atoms with E-state index in [-0.39, 0.29) is 0 Å². The molecule has 0 saturated heterocycles. The second kappa shape index (κ2) is 3.62. The van der Waals surface area contributed by atoms with E-state index in [0.717, 1.165) is 31.0 Å². The molecule has 84 valence electrons. The molecule has 0 aromatic heterocycles. The van der Waals surface area contributed by atoms with Crippen LogP contribution >= 0.6 is 0 Å². The Balaban J connectivity index is 1.67. The van der Waals surface area contributed by atoms with E-state index in [1.807, 2.05) is 6.08 Å². The van der Waals surface area contributed by atoms with Crippen LogP contribution in [0.5, 0.6) is 0 Å². The second-order valence-electron chi connectivity index (χ2n) is 6.22. The molecule has 4 bridgehead atoms. The maximum Gasteiger partial charge on any atom is 0.0645 e. The Morgan fingerprint density at radius 3 is 2.07 bits per heavy atom. The second-order valence-corrected chi connectivity index (χ2v) is 6.22. The summed E-state index contributed by atoms with van der Waals surface area (Å²) in [4.78, 5) is 0. The summed E-state index contributed by atoms with van der Waals surface area (Å²) < 4.78 is 5.75. The van der Waals surface area contributed by atoms with E-state index < -0.39 is 0 Å². The topological polar surface area (TPSA) is 9.23 Å². The molecule has 0 N–H and O–H groups in total. The molecule has 0 spiro atoms. The smallest absolute Gasteiger partial charge is 0.0645 e. The highest BCUT2D eigenvalue weighted by Crippen LogP contribution is 2.59. The lowest BCUT2D eigenvalue weighted by Crippen LogP contribution is -2.48. The van der Waals surface area contributed by atoms with Crippen molar-refractivity contribution in [1.29, 1.82) is 0 Å². The van der Waals surface area contributed by atoms with Crippen LogP contribution < -0.4 is 0 Å². The molecule has 0 aromatic rings. The number of hydrogen-bond acceptors (Lipinski definition) is 1. The Morgan fingerprint density at radius 1 is 1.07 bits per heavy atom. The van der Waals surface area contributed by atoms with E-state index in [9.17, 15) is 0 Å². The van der Waals surface area contributed by atoms with Gasteiger partial charge >= 0.3 is 0 Å². The molecule has 0 heterocycles. The van der Waals surface area contributed by atoms with Gasteiger partial charge in [-0.05, 0) is 61.7 Å². The summed E-state index contributed by atoms with van der Waals surface area (Å²) >= 11 is 0. The van der Waals surface area contributed by atoms with Gasteiger partial charge in [-0.1, -0.05) is 6.08 Å². The quantitative estimate of drug-likeness (QED) is 0.506. The fourth-order valence-electron chi connectivity index (χ4n) is 4.83. The molecule has 0 radical (unpaired) electrons. The van der Waals surface area contributed by atoms with Gasteiger partial charge < -0.3 is 4.74 Å². The fourth-order valence-corrected chi connectivity index (χ4v) is 4.83. The van der Waals surface area contributed by atoms with Crippen LogP contribution in [0.15, 0.2) is 12.7 Å². The summed E-state index contributed by atoms with van der Waals surface area (Å²) in [6.07, 6.45) is 10.8. The summed E-state index contributed by atoms with van der Waals surface area (Å²) in [7, 11) is 0. The van der Waals surface area contributed by atoms with Crippen LogP contribution in [-0.4, -0.2) is 13.2 Å². The Hall–Kier alpha value is -0.300. The third-order valence-corrected chi connectivity index (χ3v) is 4.81. The highest BCUT2D eigenvalue weighted by atomic mass is 16.5. The molecule has 0 unspecified atom stereocenters. The van der Waals surface area contributed by atoms with Crippen LogP contribution in [0.25, 0.3) is 0 Å². The zero-order valence-corrected chi connectivity index (χ0v) is 9.58. The van der Waals surface area contributed by atoms with Crippen LogP contribution in [0.1, 0.15) is 38.5 Å². The minimum Gasteiger partial charge on any atom is -0.377 e. The molecule has 1 nitrogen and oxygen atoms in total. The van der Waals surface area contributed by atoms with Gasteiger partial charge in [-0.15, -0.1) is 6.58 Å². The zero-order valence-electron chi connectivity index (χ0n) is 9.58. The third kappa shape index (κ3) is 1.75. The van der Waals surface area contributed by atoms with Crippen LogP contribution in [0.3, 0.4) is 0 Å². The van der Waals surface area contributed by atoms with Crippen molar-refractivity contribution in [3.63, 3.8) is 0 Å². The van der Waals surface area contributed by atoms with Crippen molar-refractivity contribution < 1.29 is 4.74 Å².